The summed E-state index contributed by atoms with van der Waals surface area (Å²) in [7, 11) is 0. The second-order valence-corrected chi connectivity index (χ2v) is 5.80. The Balaban J connectivity index is 0.000000213. The highest BCUT2D eigenvalue weighted by Crippen LogP contribution is 2.28. The molecule has 0 saturated heterocycles. The van der Waals surface area contributed by atoms with Crippen molar-refractivity contribution in [2.45, 2.75) is 18.8 Å². The predicted molar refractivity (Wildman–Crippen MR) is 82.0 cm³/mol. The standard InChI is InChI=1S/C9H7N3O3S.C4H6O6/c13-12(14)8-2-1-7(15-8)6-5-16-9-10-3-4-11(6)9;5-1(3(7)8)2(6)4(9)10/h1-2,5H,3-4H2;1-2,5-6H,(H,7,8)(H,9,10)/t;1-,2-/m.1/s1. The van der Waals surface area contributed by atoms with Gasteiger partial charge in [-0.05, 0) is 6.07 Å². The van der Waals surface area contributed by atoms with Crippen LogP contribution in [0.15, 0.2) is 21.9 Å². The Morgan fingerprint density at radius 3 is 2.54 bits per heavy atom. The molecule has 13 heteroatoms. The molecule has 2 aromatic rings. The van der Waals surface area contributed by atoms with Gasteiger partial charge in [-0.1, -0.05) is 11.3 Å². The van der Waals surface area contributed by atoms with Crippen LogP contribution in [0.2, 0.25) is 0 Å². The molecule has 0 spiro atoms. The number of fused-ring (bicyclic) bond motifs is 1. The van der Waals surface area contributed by atoms with Crippen LogP contribution in [0, 0.1) is 10.1 Å². The van der Waals surface area contributed by atoms with E-state index in [0.717, 1.165) is 23.9 Å². The number of anilines is 1. The first-order valence-corrected chi connectivity index (χ1v) is 7.90. The number of aliphatic hydroxyl groups is 2. The zero-order valence-electron chi connectivity index (χ0n) is 12.9. The summed E-state index contributed by atoms with van der Waals surface area (Å²) in [4.78, 5) is 29.4. The first kappa shape index (κ1) is 19.3. The van der Waals surface area contributed by atoms with Crippen molar-refractivity contribution in [2.75, 3.05) is 11.9 Å². The number of hydrogen-bond acceptors (Lipinski definition) is 10. The lowest BCUT2D eigenvalue weighted by Gasteiger charge is -2.13. The fourth-order valence-electron chi connectivity index (χ4n) is 2.00. The summed E-state index contributed by atoms with van der Waals surface area (Å²) in [5.74, 6) is -3.51. The maximum absolute atomic E-state index is 10.5. The number of aliphatic carboxylic acids is 2. The van der Waals surface area contributed by atoms with Crippen LogP contribution in [0.4, 0.5) is 11.0 Å². The molecule has 0 saturated carbocycles. The number of nitro groups is 1. The third-order valence-corrected chi connectivity index (χ3v) is 4.18. The van der Waals surface area contributed by atoms with Crippen LogP contribution >= 0.6 is 11.3 Å². The smallest absolute Gasteiger partial charge is 0.433 e. The van der Waals surface area contributed by atoms with E-state index in [1.807, 2.05) is 5.38 Å². The molecule has 0 unspecified atom stereocenters. The SMILES string of the molecule is O=C([O-])[C@H](O)[C@@H](O)C(=O)O.O=[N+]([O-])c1ccc(-c2csc3[n+]2CCN3)o1. The minimum atomic E-state index is -2.38. The molecule has 4 N–H and O–H groups in total. The van der Waals surface area contributed by atoms with Gasteiger partial charge < -0.3 is 29.6 Å². The van der Waals surface area contributed by atoms with Gasteiger partial charge in [-0.3, -0.25) is 15.4 Å². The van der Waals surface area contributed by atoms with Crippen molar-refractivity contribution in [3.05, 3.63) is 27.6 Å². The van der Waals surface area contributed by atoms with E-state index < -0.39 is 29.1 Å². The van der Waals surface area contributed by atoms with Crippen molar-refractivity contribution in [3.63, 3.8) is 0 Å². The molecule has 140 valence electrons. The lowest BCUT2D eigenvalue weighted by molar-refractivity contribution is -0.656. The Kier molecular flexibility index (Phi) is 5.86. The molecule has 0 amide bonds. The molecule has 0 fully saturated rings. The minimum absolute atomic E-state index is 0.221. The number of carboxylic acids is 2. The Labute approximate surface area is 148 Å². The average Bonchev–Trinajstić information content (AvgIpc) is 3.29. The molecule has 0 aromatic carbocycles. The zero-order chi connectivity index (χ0) is 19.4. The molecule has 1 aliphatic rings. The number of hydrogen-bond donors (Lipinski definition) is 4. The van der Waals surface area contributed by atoms with Gasteiger partial charge >= 0.3 is 17.0 Å². The number of carbonyl (C=O) groups excluding carboxylic acids is 1. The van der Waals surface area contributed by atoms with Crippen LogP contribution in [-0.4, -0.2) is 50.9 Å². The summed E-state index contributed by atoms with van der Waals surface area (Å²) in [5.41, 5.74) is 0.887. The molecular formula is C13H13N3O9S. The molecule has 2 aromatic heterocycles. The van der Waals surface area contributed by atoms with E-state index in [0.29, 0.717) is 5.76 Å². The lowest BCUT2D eigenvalue weighted by Crippen LogP contribution is -2.46. The number of furan rings is 1. The Morgan fingerprint density at radius 2 is 2.04 bits per heavy atom. The topological polar surface area (TPSA) is 190 Å². The highest BCUT2D eigenvalue weighted by Gasteiger charge is 2.27. The van der Waals surface area contributed by atoms with E-state index in [1.165, 1.54) is 6.07 Å². The van der Waals surface area contributed by atoms with E-state index in [4.69, 9.17) is 19.7 Å². The third-order valence-electron chi connectivity index (χ3n) is 3.25. The van der Waals surface area contributed by atoms with Gasteiger partial charge in [0.2, 0.25) is 0 Å². The Morgan fingerprint density at radius 1 is 1.35 bits per heavy atom. The largest absolute Gasteiger partial charge is 0.547 e. The fraction of sp³-hybridized carbons (Fsp3) is 0.308. The van der Waals surface area contributed by atoms with Crippen LogP contribution in [0.3, 0.4) is 0 Å². The van der Waals surface area contributed by atoms with Crippen molar-refractivity contribution >= 4 is 34.3 Å². The van der Waals surface area contributed by atoms with Crippen LogP contribution < -0.4 is 15.0 Å². The van der Waals surface area contributed by atoms with Crippen LogP contribution in [0.1, 0.15) is 0 Å². The van der Waals surface area contributed by atoms with Gasteiger partial charge in [0.15, 0.2) is 17.6 Å². The van der Waals surface area contributed by atoms with Crippen molar-refractivity contribution in [3.8, 4) is 11.5 Å². The second-order valence-electron chi connectivity index (χ2n) is 4.95. The van der Waals surface area contributed by atoms with Gasteiger partial charge in [0.05, 0.1) is 12.0 Å². The maximum atomic E-state index is 10.5. The fourth-order valence-corrected chi connectivity index (χ4v) is 2.97. The van der Waals surface area contributed by atoms with Gasteiger partial charge in [0.1, 0.15) is 24.1 Å². The molecule has 12 nitrogen and oxygen atoms in total. The molecule has 3 rings (SSSR count). The Bertz CT molecular complexity index is 813. The van der Waals surface area contributed by atoms with E-state index in [-0.39, 0.29) is 5.88 Å². The summed E-state index contributed by atoms with van der Waals surface area (Å²) in [6.45, 7) is 1.76. The quantitative estimate of drug-likeness (QED) is 0.258. The summed E-state index contributed by atoms with van der Waals surface area (Å²) < 4.78 is 7.24. The van der Waals surface area contributed by atoms with Crippen molar-refractivity contribution in [1.82, 2.24) is 0 Å². The first-order chi connectivity index (χ1) is 12.2. The van der Waals surface area contributed by atoms with Crippen LogP contribution in [0.25, 0.3) is 11.5 Å². The molecule has 1 aliphatic heterocycles. The first-order valence-electron chi connectivity index (χ1n) is 7.02. The van der Waals surface area contributed by atoms with E-state index in [9.17, 15) is 24.8 Å². The molecular weight excluding hydrogens is 374 g/mol. The minimum Gasteiger partial charge on any atom is -0.547 e. The van der Waals surface area contributed by atoms with Crippen molar-refractivity contribution in [2.24, 2.45) is 0 Å². The number of aromatic nitrogens is 1. The van der Waals surface area contributed by atoms with Gasteiger partial charge in [-0.25, -0.2) is 9.36 Å². The zero-order valence-corrected chi connectivity index (χ0v) is 13.7. The van der Waals surface area contributed by atoms with Gasteiger partial charge in [0, 0.05) is 5.38 Å². The number of nitrogens with zero attached hydrogens (tertiary/aromatic N) is 2. The maximum Gasteiger partial charge on any atom is 0.433 e. The third kappa shape index (κ3) is 4.14. The number of aliphatic hydroxyl groups excluding tert-OH is 2. The molecule has 26 heavy (non-hydrogen) atoms. The van der Waals surface area contributed by atoms with Gasteiger partial charge in [-0.15, -0.1) is 0 Å². The summed E-state index contributed by atoms with van der Waals surface area (Å²) in [6.07, 6.45) is -4.71. The number of rotatable bonds is 5. The average molecular weight is 387 g/mol. The van der Waals surface area contributed by atoms with E-state index in [2.05, 4.69) is 9.88 Å². The Hall–Kier alpha value is -3.03. The predicted octanol–water partition coefficient (Wildman–Crippen LogP) is -1.83. The van der Waals surface area contributed by atoms with Gasteiger partial charge in [0.25, 0.3) is 0 Å². The molecule has 2 atom stereocenters. The van der Waals surface area contributed by atoms with Crippen LogP contribution in [-0.2, 0) is 16.1 Å². The molecule has 0 radical (unpaired) electrons. The summed E-state index contributed by atoms with van der Waals surface area (Å²) in [6, 6.07) is 3.01. The highest BCUT2D eigenvalue weighted by atomic mass is 32.1. The number of carbonyl (C=O) groups is 2. The molecule has 0 bridgehead atoms. The molecule has 3 heterocycles. The van der Waals surface area contributed by atoms with Gasteiger partial charge in [-0.2, -0.15) is 0 Å². The normalized spacial score (nSPS) is 14.4. The summed E-state index contributed by atoms with van der Waals surface area (Å²) >= 11 is 1.57. The summed E-state index contributed by atoms with van der Waals surface area (Å²) in [5, 5.41) is 50.9. The number of thiazole rings is 1. The van der Waals surface area contributed by atoms with E-state index in [1.54, 1.807) is 17.4 Å². The lowest BCUT2D eigenvalue weighted by atomic mass is 10.2. The monoisotopic (exact) mass is 387 g/mol. The highest BCUT2D eigenvalue weighted by molar-refractivity contribution is 7.13. The van der Waals surface area contributed by atoms with Crippen molar-refractivity contribution < 1.29 is 43.9 Å². The van der Waals surface area contributed by atoms with Crippen molar-refractivity contribution in [1.29, 1.82) is 0 Å². The van der Waals surface area contributed by atoms with Crippen LogP contribution in [0.5, 0.6) is 0 Å². The number of carboxylic acid groups (broad SMARTS) is 2. The van der Waals surface area contributed by atoms with E-state index >= 15 is 0 Å². The number of nitrogens with one attached hydrogen (secondary N) is 1. The second kappa shape index (κ2) is 7.90. The molecule has 0 aliphatic carbocycles.